The lowest BCUT2D eigenvalue weighted by molar-refractivity contribution is 0.122. The zero-order valence-electron chi connectivity index (χ0n) is 15.2. The molecule has 27 heavy (non-hydrogen) atoms. The molecule has 0 bridgehead atoms. The van der Waals surface area contributed by atoms with Crippen LogP contribution in [0, 0.1) is 5.82 Å². The second kappa shape index (κ2) is 7.22. The SMILES string of the molecule is CN1[C@H]2CCN(Cc3ccccc3F)CC[C@@H]2Oc2ccccc2S1(=O)=O. The molecule has 2 heterocycles. The first-order valence-corrected chi connectivity index (χ1v) is 10.6. The monoisotopic (exact) mass is 390 g/mol. The second-order valence-corrected chi connectivity index (χ2v) is 9.10. The molecule has 0 unspecified atom stereocenters. The van der Waals surface area contributed by atoms with Gasteiger partial charge < -0.3 is 4.74 Å². The number of rotatable bonds is 2. The third-order valence-corrected chi connectivity index (χ3v) is 7.43. The van der Waals surface area contributed by atoms with Crippen LogP contribution in [0.2, 0.25) is 0 Å². The van der Waals surface area contributed by atoms with Gasteiger partial charge in [-0.15, -0.1) is 0 Å². The van der Waals surface area contributed by atoms with Gasteiger partial charge in [0.25, 0.3) is 0 Å². The maximum atomic E-state index is 14.0. The highest BCUT2D eigenvalue weighted by molar-refractivity contribution is 7.89. The molecule has 2 aliphatic heterocycles. The number of likely N-dealkylation sites (tertiary alicyclic amines) is 1. The molecule has 0 aromatic heterocycles. The quantitative estimate of drug-likeness (QED) is 0.791. The van der Waals surface area contributed by atoms with Crippen LogP contribution in [0.3, 0.4) is 0 Å². The first-order valence-electron chi connectivity index (χ1n) is 9.16. The van der Waals surface area contributed by atoms with Crippen LogP contribution >= 0.6 is 0 Å². The first-order chi connectivity index (χ1) is 13.0. The van der Waals surface area contributed by atoms with Crippen LogP contribution in [0.15, 0.2) is 53.4 Å². The van der Waals surface area contributed by atoms with Gasteiger partial charge in [-0.25, -0.2) is 12.8 Å². The van der Waals surface area contributed by atoms with E-state index in [9.17, 15) is 12.8 Å². The number of hydrogen-bond acceptors (Lipinski definition) is 4. The van der Waals surface area contributed by atoms with E-state index in [1.807, 2.05) is 6.07 Å². The van der Waals surface area contributed by atoms with E-state index in [-0.39, 0.29) is 22.9 Å². The zero-order valence-corrected chi connectivity index (χ0v) is 16.0. The molecule has 4 rings (SSSR count). The Morgan fingerprint density at radius 1 is 1.07 bits per heavy atom. The molecule has 5 nitrogen and oxygen atoms in total. The predicted molar refractivity (Wildman–Crippen MR) is 101 cm³/mol. The van der Waals surface area contributed by atoms with E-state index in [2.05, 4.69) is 4.90 Å². The van der Waals surface area contributed by atoms with Gasteiger partial charge in [0.15, 0.2) is 0 Å². The first kappa shape index (κ1) is 18.4. The number of likely N-dealkylation sites (N-methyl/N-ethyl adjacent to an activating group) is 1. The van der Waals surface area contributed by atoms with Crippen molar-refractivity contribution in [2.45, 2.75) is 36.4 Å². The molecule has 0 saturated carbocycles. The van der Waals surface area contributed by atoms with Gasteiger partial charge in [0.2, 0.25) is 10.0 Å². The van der Waals surface area contributed by atoms with E-state index < -0.39 is 10.0 Å². The average Bonchev–Trinajstić information content (AvgIpc) is 2.89. The molecule has 1 saturated heterocycles. The number of halogens is 1. The Morgan fingerprint density at radius 3 is 2.59 bits per heavy atom. The summed E-state index contributed by atoms with van der Waals surface area (Å²) in [5, 5.41) is 0. The largest absolute Gasteiger partial charge is 0.487 e. The highest BCUT2D eigenvalue weighted by Crippen LogP contribution is 2.35. The lowest BCUT2D eigenvalue weighted by atomic mass is 10.1. The lowest BCUT2D eigenvalue weighted by Crippen LogP contribution is -2.44. The molecular weight excluding hydrogens is 367 g/mol. The molecule has 1 fully saturated rings. The van der Waals surface area contributed by atoms with Crippen LogP contribution < -0.4 is 4.74 Å². The van der Waals surface area contributed by atoms with Gasteiger partial charge >= 0.3 is 0 Å². The number of fused-ring (bicyclic) bond motifs is 2. The van der Waals surface area contributed by atoms with Gasteiger partial charge in [-0.2, -0.15) is 4.31 Å². The van der Waals surface area contributed by atoms with Crippen LogP contribution in [0.1, 0.15) is 18.4 Å². The molecule has 0 amide bonds. The molecule has 2 atom stereocenters. The normalized spacial score (nSPS) is 25.6. The smallest absolute Gasteiger partial charge is 0.246 e. The Hall–Kier alpha value is -1.96. The summed E-state index contributed by atoms with van der Waals surface area (Å²) in [6, 6.07) is 13.3. The summed E-state index contributed by atoms with van der Waals surface area (Å²) in [6.07, 6.45) is 1.11. The Bertz CT molecular complexity index is 934. The topological polar surface area (TPSA) is 49.9 Å². The molecule has 0 N–H and O–H groups in total. The average molecular weight is 390 g/mol. The van der Waals surface area contributed by atoms with Crippen LogP contribution in [-0.2, 0) is 16.6 Å². The Balaban J connectivity index is 1.58. The number of benzene rings is 2. The molecule has 2 aromatic carbocycles. The van der Waals surface area contributed by atoms with Crippen LogP contribution in [0.25, 0.3) is 0 Å². The van der Waals surface area contributed by atoms with Gasteiger partial charge in [0, 0.05) is 32.2 Å². The number of ether oxygens (including phenoxy) is 1. The summed E-state index contributed by atoms with van der Waals surface area (Å²) in [5.74, 6) is 0.209. The molecule has 7 heteroatoms. The van der Waals surface area contributed by atoms with E-state index in [0.29, 0.717) is 37.2 Å². The van der Waals surface area contributed by atoms with Gasteiger partial charge in [0.1, 0.15) is 22.6 Å². The third-order valence-electron chi connectivity index (χ3n) is 5.50. The number of sulfonamides is 1. The van der Waals surface area contributed by atoms with E-state index in [1.54, 1.807) is 43.4 Å². The maximum absolute atomic E-state index is 14.0. The van der Waals surface area contributed by atoms with Crippen LogP contribution in [0.5, 0.6) is 5.75 Å². The highest BCUT2D eigenvalue weighted by Gasteiger charge is 2.41. The minimum atomic E-state index is -3.60. The van der Waals surface area contributed by atoms with Crippen molar-refractivity contribution in [3.05, 3.63) is 59.9 Å². The van der Waals surface area contributed by atoms with E-state index in [1.165, 1.54) is 10.4 Å². The molecule has 2 aliphatic rings. The van der Waals surface area contributed by atoms with E-state index in [0.717, 1.165) is 6.54 Å². The number of para-hydroxylation sites is 1. The summed E-state index contributed by atoms with van der Waals surface area (Å²) >= 11 is 0. The molecule has 0 radical (unpaired) electrons. The van der Waals surface area contributed by atoms with Gasteiger partial charge in [0.05, 0.1) is 6.04 Å². The summed E-state index contributed by atoms with van der Waals surface area (Å²) < 4.78 is 47.6. The fourth-order valence-corrected chi connectivity index (χ4v) is 5.48. The fourth-order valence-electron chi connectivity index (χ4n) is 3.95. The molecule has 0 aliphatic carbocycles. The van der Waals surface area contributed by atoms with Crippen molar-refractivity contribution in [3.63, 3.8) is 0 Å². The zero-order chi connectivity index (χ0) is 19.0. The van der Waals surface area contributed by atoms with Crippen LogP contribution in [0.4, 0.5) is 4.39 Å². The maximum Gasteiger partial charge on any atom is 0.246 e. The Morgan fingerprint density at radius 2 is 1.78 bits per heavy atom. The number of hydrogen-bond donors (Lipinski definition) is 0. The van der Waals surface area contributed by atoms with Crippen molar-refractivity contribution < 1.29 is 17.5 Å². The third kappa shape index (κ3) is 3.47. The molecular formula is C20H23FN2O3S. The number of nitrogens with zero attached hydrogens (tertiary/aromatic N) is 2. The lowest BCUT2D eigenvalue weighted by Gasteiger charge is -2.28. The van der Waals surface area contributed by atoms with E-state index in [4.69, 9.17) is 4.74 Å². The molecule has 2 aromatic rings. The minimum absolute atomic E-state index is 0.208. The van der Waals surface area contributed by atoms with Gasteiger partial charge in [-0.3, -0.25) is 4.90 Å². The van der Waals surface area contributed by atoms with E-state index >= 15 is 0 Å². The summed E-state index contributed by atoms with van der Waals surface area (Å²) in [4.78, 5) is 2.40. The Labute approximate surface area is 159 Å². The fraction of sp³-hybridized carbons (Fsp3) is 0.400. The van der Waals surface area contributed by atoms with Crippen molar-refractivity contribution >= 4 is 10.0 Å². The molecule has 144 valence electrons. The van der Waals surface area contributed by atoms with Crippen molar-refractivity contribution in [1.29, 1.82) is 0 Å². The predicted octanol–water partition coefficient (Wildman–Crippen LogP) is 2.87. The second-order valence-electron chi connectivity index (χ2n) is 7.14. The van der Waals surface area contributed by atoms with Crippen molar-refractivity contribution in [3.8, 4) is 5.75 Å². The minimum Gasteiger partial charge on any atom is -0.487 e. The summed E-state index contributed by atoms with van der Waals surface area (Å²) in [6.45, 7) is 1.93. The van der Waals surface area contributed by atoms with Crippen LogP contribution in [-0.4, -0.2) is 49.9 Å². The van der Waals surface area contributed by atoms with Gasteiger partial charge in [-0.1, -0.05) is 30.3 Å². The van der Waals surface area contributed by atoms with Gasteiger partial charge in [-0.05, 0) is 31.0 Å². The standard InChI is InChI=1S/C20H23FN2O3S/c1-22-17-10-12-23(14-15-6-2-3-7-16(15)21)13-11-18(17)26-19-8-4-5-9-20(19)27(22,24)25/h2-9,17-18H,10-14H2,1H3/t17-,18-/m0/s1. The highest BCUT2D eigenvalue weighted by atomic mass is 32.2. The van der Waals surface area contributed by atoms with Crippen molar-refractivity contribution in [2.24, 2.45) is 0 Å². The summed E-state index contributed by atoms with van der Waals surface area (Å²) in [5.41, 5.74) is 0.659. The van der Waals surface area contributed by atoms with Crippen molar-refractivity contribution in [2.75, 3.05) is 20.1 Å². The Kier molecular flexibility index (Phi) is 4.92. The molecule has 0 spiro atoms. The van der Waals surface area contributed by atoms with Crippen molar-refractivity contribution in [1.82, 2.24) is 9.21 Å². The summed E-state index contributed by atoms with van der Waals surface area (Å²) in [7, 11) is -1.97.